The molecule has 1 fully saturated rings. The second-order valence-electron chi connectivity index (χ2n) is 5.97. The lowest BCUT2D eigenvalue weighted by Gasteiger charge is -2.48. The van der Waals surface area contributed by atoms with Crippen molar-refractivity contribution < 1.29 is 14.7 Å². The molecule has 1 saturated heterocycles. The molecule has 1 aromatic rings. The van der Waals surface area contributed by atoms with Crippen LogP contribution >= 0.6 is 48.3 Å². The summed E-state index contributed by atoms with van der Waals surface area (Å²) in [6, 6.07) is -0.619. The first-order valence-electron chi connectivity index (χ1n) is 7.59. The summed E-state index contributed by atoms with van der Waals surface area (Å²) in [5.41, 5.74) is 6.48. The number of likely N-dealkylation sites (N-methyl/N-ethyl adjacent to an activating group) is 1. The van der Waals surface area contributed by atoms with Crippen molar-refractivity contribution in [3.8, 4) is 0 Å². The van der Waals surface area contributed by atoms with Crippen LogP contribution in [0.25, 0.3) is 0 Å². The molecule has 0 radical (unpaired) electrons. The molecule has 2 aliphatic rings. The van der Waals surface area contributed by atoms with E-state index in [0.29, 0.717) is 28.8 Å². The molecule has 0 unspecified atom stereocenters. The Morgan fingerprint density at radius 3 is 2.78 bits per heavy atom. The number of aliphatic carboxylic acids is 1. The molecule has 152 valence electrons. The first kappa shape index (κ1) is 24.0. The van der Waals surface area contributed by atoms with Gasteiger partial charge in [-0.1, -0.05) is 11.8 Å². The zero-order valence-corrected chi connectivity index (χ0v) is 17.9. The lowest BCUT2D eigenvalue weighted by Crippen LogP contribution is -2.68. The van der Waals surface area contributed by atoms with Crippen LogP contribution in [0.15, 0.2) is 16.4 Å². The van der Waals surface area contributed by atoms with Crippen LogP contribution in [0.4, 0.5) is 0 Å². The summed E-state index contributed by atoms with van der Waals surface area (Å²) in [4.78, 5) is 26.9. The Labute approximate surface area is 177 Å². The number of nitrogens with zero attached hydrogens (tertiary/aromatic N) is 6. The molecule has 0 spiro atoms. The van der Waals surface area contributed by atoms with Crippen molar-refractivity contribution in [2.75, 3.05) is 32.1 Å². The first-order valence-corrected chi connectivity index (χ1v) is 9.63. The van der Waals surface area contributed by atoms with E-state index in [1.165, 1.54) is 28.4 Å². The molecule has 3 heterocycles. The Morgan fingerprint density at radius 2 is 2.15 bits per heavy atom. The molecule has 27 heavy (non-hydrogen) atoms. The van der Waals surface area contributed by atoms with Gasteiger partial charge in [0.2, 0.25) is 11.1 Å². The number of fused-ring (bicyclic) bond motifs is 1. The smallest absolute Gasteiger partial charge is 0.352 e. The van der Waals surface area contributed by atoms with Crippen LogP contribution in [-0.4, -0.2) is 90.6 Å². The lowest BCUT2D eigenvalue weighted by molar-refractivity contribution is -0.147. The Bertz CT molecular complexity index is 731. The highest BCUT2D eigenvalue weighted by Crippen LogP contribution is 2.40. The molecule has 0 saturated carbocycles. The number of carboxylic acid groups (broad SMARTS) is 1. The number of halogens is 2. The molecule has 1 aromatic heterocycles. The van der Waals surface area contributed by atoms with Gasteiger partial charge in [-0.05, 0) is 30.1 Å². The van der Waals surface area contributed by atoms with Crippen molar-refractivity contribution in [1.29, 1.82) is 0 Å². The van der Waals surface area contributed by atoms with E-state index in [-0.39, 0.29) is 41.8 Å². The van der Waals surface area contributed by atoms with E-state index < -0.39 is 12.0 Å². The predicted octanol–water partition coefficient (Wildman–Crippen LogP) is -0.248. The number of carboxylic acids is 1. The highest BCUT2D eigenvalue weighted by molar-refractivity contribution is 8.01. The van der Waals surface area contributed by atoms with Crippen molar-refractivity contribution in [2.45, 2.75) is 23.1 Å². The molecule has 1 amide bonds. The molecule has 3 rings (SSSR count). The minimum Gasteiger partial charge on any atom is -0.477 e. The van der Waals surface area contributed by atoms with Crippen LogP contribution in [0, 0.1) is 0 Å². The van der Waals surface area contributed by atoms with Gasteiger partial charge in [0.05, 0.1) is 6.54 Å². The van der Waals surface area contributed by atoms with Gasteiger partial charge in [-0.2, -0.15) is 0 Å². The van der Waals surface area contributed by atoms with E-state index >= 15 is 0 Å². The summed E-state index contributed by atoms with van der Waals surface area (Å²) in [7, 11) is 3.93. The second kappa shape index (κ2) is 9.94. The average molecular weight is 458 g/mol. The molecule has 3 N–H and O–H groups in total. The van der Waals surface area contributed by atoms with Crippen LogP contribution in [0.3, 0.4) is 0 Å². The maximum Gasteiger partial charge on any atom is 0.352 e. The van der Waals surface area contributed by atoms with E-state index in [4.69, 9.17) is 5.73 Å². The third-order valence-electron chi connectivity index (χ3n) is 3.92. The molecular weight excluding hydrogens is 437 g/mol. The standard InChI is InChI=1S/C13H19N7O3S2.2ClH/c1-18(2)3-4-19-13(15-16-17-19)25-6-7-5-24-11-8(14)10(21)20(11)9(7)12(22)23;;/h8,11H,3-6,14H2,1-2H3,(H,22,23);2*1H/t8-,11+;;/m1../s1. The summed E-state index contributed by atoms with van der Waals surface area (Å²) < 4.78 is 1.69. The lowest BCUT2D eigenvalue weighted by atomic mass is 10.0. The first-order chi connectivity index (χ1) is 11.9. The van der Waals surface area contributed by atoms with Crippen LogP contribution < -0.4 is 5.73 Å². The largest absolute Gasteiger partial charge is 0.477 e. The molecule has 14 heteroatoms. The maximum atomic E-state index is 11.9. The van der Waals surface area contributed by atoms with Crippen LogP contribution in [0.2, 0.25) is 0 Å². The number of thioether (sulfide) groups is 2. The topological polar surface area (TPSA) is 130 Å². The van der Waals surface area contributed by atoms with Gasteiger partial charge in [-0.15, -0.1) is 41.7 Å². The molecule has 2 aliphatic heterocycles. The normalized spacial score (nSPS) is 21.3. The maximum absolute atomic E-state index is 11.9. The van der Waals surface area contributed by atoms with Crippen LogP contribution in [-0.2, 0) is 16.1 Å². The number of hydrogen-bond donors (Lipinski definition) is 2. The third-order valence-corrected chi connectivity index (χ3v) is 6.33. The quantitative estimate of drug-likeness (QED) is 0.417. The van der Waals surface area contributed by atoms with Crippen molar-refractivity contribution in [2.24, 2.45) is 5.73 Å². The number of amides is 1. The number of hydrogen-bond acceptors (Lipinski definition) is 9. The van der Waals surface area contributed by atoms with E-state index in [2.05, 4.69) is 15.5 Å². The summed E-state index contributed by atoms with van der Waals surface area (Å²) in [5, 5.41) is 21.5. The fraction of sp³-hybridized carbons (Fsp3) is 0.615. The molecule has 2 atom stereocenters. The number of β-lactam (4-membered cyclic amide) rings is 1. The van der Waals surface area contributed by atoms with Gasteiger partial charge in [0.1, 0.15) is 17.1 Å². The summed E-state index contributed by atoms with van der Waals surface area (Å²) >= 11 is 2.86. The van der Waals surface area contributed by atoms with E-state index in [1.54, 1.807) is 4.68 Å². The highest BCUT2D eigenvalue weighted by Gasteiger charge is 2.51. The highest BCUT2D eigenvalue weighted by atomic mass is 35.5. The van der Waals surface area contributed by atoms with Crippen molar-refractivity contribution in [3.63, 3.8) is 0 Å². The molecule has 0 aliphatic carbocycles. The van der Waals surface area contributed by atoms with Gasteiger partial charge >= 0.3 is 5.97 Å². The summed E-state index contributed by atoms with van der Waals surface area (Å²) in [5.74, 6) is -0.514. The fourth-order valence-corrected chi connectivity index (χ4v) is 4.91. The third kappa shape index (κ3) is 4.87. The van der Waals surface area contributed by atoms with Gasteiger partial charge in [0.25, 0.3) is 0 Å². The average Bonchev–Trinajstić information content (AvgIpc) is 3.03. The number of aromatic nitrogens is 4. The Kier molecular flexibility index (Phi) is 8.83. The molecule has 0 bridgehead atoms. The van der Waals surface area contributed by atoms with E-state index in [9.17, 15) is 14.7 Å². The minimum absolute atomic E-state index is 0. The minimum atomic E-state index is -1.10. The van der Waals surface area contributed by atoms with Gasteiger partial charge in [0.15, 0.2) is 0 Å². The molecule has 0 aromatic carbocycles. The van der Waals surface area contributed by atoms with Gasteiger partial charge in [-0.25, -0.2) is 9.48 Å². The number of rotatable bonds is 7. The summed E-state index contributed by atoms with van der Waals surface area (Å²) in [6.07, 6.45) is 0. The predicted molar refractivity (Wildman–Crippen MR) is 107 cm³/mol. The Morgan fingerprint density at radius 1 is 1.44 bits per heavy atom. The second-order valence-corrected chi connectivity index (χ2v) is 8.02. The van der Waals surface area contributed by atoms with E-state index in [1.807, 2.05) is 19.0 Å². The van der Waals surface area contributed by atoms with Gasteiger partial charge < -0.3 is 15.7 Å². The van der Waals surface area contributed by atoms with Crippen molar-refractivity contribution in [1.82, 2.24) is 30.0 Å². The number of carbonyl (C=O) groups is 2. The fourth-order valence-electron chi connectivity index (χ4n) is 2.58. The number of carbonyl (C=O) groups excluding carboxylic acids is 1. The Hall–Kier alpha value is -1.05. The zero-order valence-electron chi connectivity index (χ0n) is 14.6. The molecular formula is C13H21Cl2N7O3S2. The Balaban J connectivity index is 0.00000182. The number of nitrogens with two attached hydrogens (primary N) is 1. The SMILES string of the molecule is CN(C)CCn1nnnc1SCC1=C(C(=O)O)N2C(=O)[C@@H](N)[C@@H]2SC1.Cl.Cl. The van der Waals surface area contributed by atoms with Crippen LogP contribution in [0.1, 0.15) is 0 Å². The van der Waals surface area contributed by atoms with Gasteiger partial charge in [-0.3, -0.25) is 9.69 Å². The van der Waals surface area contributed by atoms with Crippen molar-refractivity contribution in [3.05, 3.63) is 11.3 Å². The van der Waals surface area contributed by atoms with Crippen LogP contribution in [0.5, 0.6) is 0 Å². The monoisotopic (exact) mass is 457 g/mol. The van der Waals surface area contributed by atoms with Crippen molar-refractivity contribution >= 4 is 60.2 Å². The summed E-state index contributed by atoms with van der Waals surface area (Å²) in [6.45, 7) is 1.43. The number of tetrazole rings is 1. The van der Waals surface area contributed by atoms with Gasteiger partial charge in [0, 0.05) is 18.1 Å². The zero-order chi connectivity index (χ0) is 18.1. The van der Waals surface area contributed by atoms with E-state index in [0.717, 1.165) is 6.54 Å². The molecule has 10 nitrogen and oxygen atoms in total.